The van der Waals surface area contributed by atoms with Gasteiger partial charge in [-0.1, -0.05) is 19.8 Å². The van der Waals surface area contributed by atoms with Crippen LogP contribution < -0.4 is 15.4 Å². The minimum absolute atomic E-state index is 0.102. The van der Waals surface area contributed by atoms with E-state index in [0.29, 0.717) is 17.5 Å². The Morgan fingerprint density at radius 3 is 2.74 bits per heavy atom. The number of carbonyl (C=O) groups is 1. The van der Waals surface area contributed by atoms with Gasteiger partial charge < -0.3 is 15.4 Å². The van der Waals surface area contributed by atoms with Crippen LogP contribution in [-0.4, -0.2) is 19.1 Å². The Kier molecular flexibility index (Phi) is 6.19. The summed E-state index contributed by atoms with van der Waals surface area (Å²) in [6.07, 6.45) is 3.57. The van der Waals surface area contributed by atoms with Crippen LogP contribution in [0.5, 0.6) is 5.75 Å². The zero-order chi connectivity index (χ0) is 14.3. The van der Waals surface area contributed by atoms with Gasteiger partial charge >= 0.3 is 0 Å². The molecular weight excluding hydrogens is 240 g/mol. The maximum Gasteiger partial charge on any atom is 0.221 e. The van der Waals surface area contributed by atoms with E-state index in [1.807, 2.05) is 18.2 Å². The highest BCUT2D eigenvalue weighted by atomic mass is 16.5. The zero-order valence-corrected chi connectivity index (χ0v) is 12.2. The first-order valence-electron chi connectivity index (χ1n) is 6.79. The molecule has 4 heteroatoms. The molecule has 1 unspecified atom stereocenters. The van der Waals surface area contributed by atoms with Crippen molar-refractivity contribution in [3.8, 4) is 5.75 Å². The van der Waals surface area contributed by atoms with Crippen molar-refractivity contribution in [2.45, 2.75) is 46.1 Å². The molecule has 19 heavy (non-hydrogen) atoms. The standard InChI is InChI=1S/C15H24N2O2/c1-5-6-7-11(2)16-13-8-9-14(17-12(3)18)15(10-13)19-4/h8-11,16H,5-7H2,1-4H3,(H,17,18). The van der Waals surface area contributed by atoms with Crippen LogP contribution in [0.4, 0.5) is 11.4 Å². The van der Waals surface area contributed by atoms with Crippen molar-refractivity contribution in [1.29, 1.82) is 0 Å². The molecule has 1 aromatic carbocycles. The van der Waals surface area contributed by atoms with E-state index >= 15 is 0 Å². The molecule has 0 saturated carbocycles. The zero-order valence-electron chi connectivity index (χ0n) is 12.2. The number of amides is 1. The van der Waals surface area contributed by atoms with Crippen molar-refractivity contribution in [3.05, 3.63) is 18.2 Å². The SMILES string of the molecule is CCCCC(C)Nc1ccc(NC(C)=O)c(OC)c1. The van der Waals surface area contributed by atoms with Gasteiger partial charge in [0.25, 0.3) is 0 Å². The number of anilines is 2. The summed E-state index contributed by atoms with van der Waals surface area (Å²) >= 11 is 0. The largest absolute Gasteiger partial charge is 0.494 e. The quantitative estimate of drug-likeness (QED) is 0.790. The summed E-state index contributed by atoms with van der Waals surface area (Å²) in [6.45, 7) is 5.85. The fraction of sp³-hybridized carbons (Fsp3) is 0.533. The summed E-state index contributed by atoms with van der Waals surface area (Å²) in [5.74, 6) is 0.568. The lowest BCUT2D eigenvalue weighted by Crippen LogP contribution is -2.15. The highest BCUT2D eigenvalue weighted by Gasteiger charge is 2.07. The molecule has 0 heterocycles. The van der Waals surface area contributed by atoms with E-state index in [2.05, 4.69) is 24.5 Å². The van der Waals surface area contributed by atoms with Crippen LogP contribution in [0.15, 0.2) is 18.2 Å². The van der Waals surface area contributed by atoms with Crippen LogP contribution in [-0.2, 0) is 4.79 Å². The summed E-state index contributed by atoms with van der Waals surface area (Å²) in [4.78, 5) is 11.1. The summed E-state index contributed by atoms with van der Waals surface area (Å²) < 4.78 is 5.29. The predicted molar refractivity (Wildman–Crippen MR) is 79.9 cm³/mol. The van der Waals surface area contributed by atoms with Crippen molar-refractivity contribution in [1.82, 2.24) is 0 Å². The van der Waals surface area contributed by atoms with Crippen molar-refractivity contribution < 1.29 is 9.53 Å². The lowest BCUT2D eigenvalue weighted by Gasteiger charge is -2.17. The molecule has 0 aliphatic heterocycles. The van der Waals surface area contributed by atoms with Gasteiger partial charge in [0.1, 0.15) is 5.75 Å². The van der Waals surface area contributed by atoms with Crippen LogP contribution in [0.3, 0.4) is 0 Å². The smallest absolute Gasteiger partial charge is 0.221 e. The van der Waals surface area contributed by atoms with E-state index in [1.165, 1.54) is 19.8 Å². The molecule has 2 N–H and O–H groups in total. The molecular formula is C15H24N2O2. The third-order valence-electron chi connectivity index (χ3n) is 2.92. The molecule has 0 aliphatic carbocycles. The number of benzene rings is 1. The van der Waals surface area contributed by atoms with E-state index < -0.39 is 0 Å². The molecule has 0 aliphatic rings. The molecule has 1 rings (SSSR count). The summed E-state index contributed by atoms with van der Waals surface area (Å²) in [7, 11) is 1.60. The van der Waals surface area contributed by atoms with Gasteiger partial charge in [0.2, 0.25) is 5.91 Å². The number of hydrogen-bond donors (Lipinski definition) is 2. The van der Waals surface area contributed by atoms with Crippen molar-refractivity contribution >= 4 is 17.3 Å². The Balaban J connectivity index is 2.73. The van der Waals surface area contributed by atoms with E-state index in [1.54, 1.807) is 7.11 Å². The minimum atomic E-state index is -0.102. The normalized spacial score (nSPS) is 11.8. The van der Waals surface area contributed by atoms with Gasteiger partial charge in [-0.3, -0.25) is 4.79 Å². The fourth-order valence-corrected chi connectivity index (χ4v) is 1.94. The number of unbranched alkanes of at least 4 members (excludes halogenated alkanes) is 1. The number of methoxy groups -OCH3 is 1. The second kappa shape index (κ2) is 7.67. The molecule has 0 bridgehead atoms. The summed E-state index contributed by atoms with van der Waals surface area (Å²) in [5, 5.41) is 6.19. The highest BCUT2D eigenvalue weighted by molar-refractivity contribution is 5.90. The van der Waals surface area contributed by atoms with Crippen LogP contribution in [0.1, 0.15) is 40.0 Å². The molecule has 1 atom stereocenters. The van der Waals surface area contributed by atoms with Gasteiger partial charge in [-0.2, -0.15) is 0 Å². The number of hydrogen-bond acceptors (Lipinski definition) is 3. The van der Waals surface area contributed by atoms with E-state index in [9.17, 15) is 4.79 Å². The van der Waals surface area contributed by atoms with E-state index in [0.717, 1.165) is 12.1 Å². The van der Waals surface area contributed by atoms with Gasteiger partial charge in [0, 0.05) is 24.7 Å². The van der Waals surface area contributed by atoms with E-state index in [4.69, 9.17) is 4.74 Å². The summed E-state index contributed by atoms with van der Waals surface area (Å²) in [6, 6.07) is 6.15. The molecule has 0 fully saturated rings. The van der Waals surface area contributed by atoms with Crippen LogP contribution in [0, 0.1) is 0 Å². The first-order valence-corrected chi connectivity index (χ1v) is 6.79. The Labute approximate surface area is 115 Å². The Morgan fingerprint density at radius 1 is 1.42 bits per heavy atom. The lowest BCUT2D eigenvalue weighted by atomic mass is 10.1. The molecule has 0 radical (unpaired) electrons. The average Bonchev–Trinajstić information content (AvgIpc) is 2.37. The van der Waals surface area contributed by atoms with E-state index in [-0.39, 0.29) is 5.91 Å². The molecule has 1 amide bonds. The molecule has 4 nitrogen and oxygen atoms in total. The fourth-order valence-electron chi connectivity index (χ4n) is 1.94. The van der Waals surface area contributed by atoms with Crippen molar-refractivity contribution in [3.63, 3.8) is 0 Å². The molecule has 1 aromatic rings. The molecule has 0 saturated heterocycles. The number of carbonyl (C=O) groups excluding carboxylic acids is 1. The van der Waals surface area contributed by atoms with Crippen molar-refractivity contribution in [2.24, 2.45) is 0 Å². The van der Waals surface area contributed by atoms with Gasteiger partial charge in [0.15, 0.2) is 0 Å². The van der Waals surface area contributed by atoms with Crippen LogP contribution >= 0.6 is 0 Å². The maximum absolute atomic E-state index is 11.1. The van der Waals surface area contributed by atoms with Gasteiger partial charge in [-0.25, -0.2) is 0 Å². The molecule has 0 spiro atoms. The van der Waals surface area contributed by atoms with Gasteiger partial charge in [-0.15, -0.1) is 0 Å². The average molecular weight is 264 g/mol. The minimum Gasteiger partial charge on any atom is -0.494 e. The van der Waals surface area contributed by atoms with Gasteiger partial charge in [0.05, 0.1) is 12.8 Å². The third kappa shape index (κ3) is 5.20. The Bertz CT molecular complexity index is 419. The van der Waals surface area contributed by atoms with Crippen LogP contribution in [0.25, 0.3) is 0 Å². The maximum atomic E-state index is 11.1. The molecule has 106 valence electrons. The number of nitrogens with one attached hydrogen (secondary N) is 2. The van der Waals surface area contributed by atoms with Gasteiger partial charge in [-0.05, 0) is 25.5 Å². The topological polar surface area (TPSA) is 50.4 Å². The second-order valence-electron chi connectivity index (χ2n) is 4.78. The predicted octanol–water partition coefficient (Wildman–Crippen LogP) is 3.64. The first kappa shape index (κ1) is 15.3. The van der Waals surface area contributed by atoms with Crippen molar-refractivity contribution in [2.75, 3.05) is 17.7 Å². The Morgan fingerprint density at radius 2 is 2.16 bits per heavy atom. The molecule has 0 aromatic heterocycles. The van der Waals surface area contributed by atoms with Crippen LogP contribution in [0.2, 0.25) is 0 Å². The Hall–Kier alpha value is -1.71. The second-order valence-corrected chi connectivity index (χ2v) is 4.78. The highest BCUT2D eigenvalue weighted by Crippen LogP contribution is 2.28. The third-order valence-corrected chi connectivity index (χ3v) is 2.92. The lowest BCUT2D eigenvalue weighted by molar-refractivity contribution is -0.114. The number of ether oxygens (including phenoxy) is 1. The summed E-state index contributed by atoms with van der Waals surface area (Å²) in [5.41, 5.74) is 1.70. The monoisotopic (exact) mass is 264 g/mol. The first-order chi connectivity index (χ1) is 9.06. The number of rotatable bonds is 7.